The van der Waals surface area contributed by atoms with E-state index in [1.165, 1.54) is 0 Å². The van der Waals surface area contributed by atoms with Crippen LogP contribution >= 0.6 is 24.0 Å². The van der Waals surface area contributed by atoms with Gasteiger partial charge in [-0.2, -0.15) is 0 Å². The van der Waals surface area contributed by atoms with Crippen LogP contribution in [0.5, 0.6) is 17.2 Å². The molecule has 0 atom stereocenters. The molecule has 2 N–H and O–H groups in total. The number of rotatable bonds is 9. The zero-order valence-electron chi connectivity index (χ0n) is 14.2. The predicted octanol–water partition coefficient (Wildman–Crippen LogP) is 2.00. The van der Waals surface area contributed by atoms with Crippen molar-refractivity contribution in [2.75, 3.05) is 46.8 Å². The smallest absolute Gasteiger partial charge is 0.231 e. The van der Waals surface area contributed by atoms with Gasteiger partial charge in [-0.25, -0.2) is 0 Å². The number of hydrogen-bond donors (Lipinski definition) is 2. The standard InChI is InChI=1S/C16H25N3O4.HI/c1-3-17-16(18-7-4-9-20-2)19-8-10-21-13-5-6-14-15(11-13)23-12-22-14;/h5-6,11H,3-4,7-10,12H2,1-2H3,(H2,17,18,19);1H. The molecule has 0 amide bonds. The van der Waals surface area contributed by atoms with Crippen LogP contribution in [0.25, 0.3) is 0 Å². The molecule has 24 heavy (non-hydrogen) atoms. The predicted molar refractivity (Wildman–Crippen MR) is 104 cm³/mol. The van der Waals surface area contributed by atoms with E-state index in [0.717, 1.165) is 49.3 Å². The molecule has 0 aliphatic carbocycles. The number of benzene rings is 1. The van der Waals surface area contributed by atoms with Gasteiger partial charge in [0.1, 0.15) is 12.4 Å². The van der Waals surface area contributed by atoms with Gasteiger partial charge in [0.25, 0.3) is 0 Å². The van der Waals surface area contributed by atoms with Gasteiger partial charge in [-0.05, 0) is 25.5 Å². The van der Waals surface area contributed by atoms with E-state index in [4.69, 9.17) is 18.9 Å². The molecule has 1 heterocycles. The lowest BCUT2D eigenvalue weighted by Gasteiger charge is -2.12. The summed E-state index contributed by atoms with van der Waals surface area (Å²) >= 11 is 0. The molecule has 1 aromatic carbocycles. The minimum Gasteiger partial charge on any atom is -0.492 e. The summed E-state index contributed by atoms with van der Waals surface area (Å²) in [5, 5.41) is 6.44. The molecule has 0 spiro atoms. The summed E-state index contributed by atoms with van der Waals surface area (Å²) in [7, 11) is 1.70. The average molecular weight is 451 g/mol. The van der Waals surface area contributed by atoms with Crippen molar-refractivity contribution in [1.29, 1.82) is 0 Å². The fraction of sp³-hybridized carbons (Fsp3) is 0.562. The molecule has 0 fully saturated rings. The zero-order chi connectivity index (χ0) is 16.3. The summed E-state index contributed by atoms with van der Waals surface area (Å²) in [5.74, 6) is 3.03. The first-order valence-electron chi connectivity index (χ1n) is 7.87. The van der Waals surface area contributed by atoms with Crippen LogP contribution in [0.2, 0.25) is 0 Å². The lowest BCUT2D eigenvalue weighted by Crippen LogP contribution is -2.39. The molecule has 7 nitrogen and oxygen atoms in total. The van der Waals surface area contributed by atoms with Crippen LogP contribution in [0.1, 0.15) is 13.3 Å². The summed E-state index contributed by atoms with van der Waals surface area (Å²) in [6.45, 7) is 5.76. The van der Waals surface area contributed by atoms with E-state index in [-0.39, 0.29) is 30.8 Å². The minimum atomic E-state index is 0. The molecule has 136 valence electrons. The fourth-order valence-electron chi connectivity index (χ4n) is 2.05. The largest absolute Gasteiger partial charge is 0.492 e. The van der Waals surface area contributed by atoms with Crippen molar-refractivity contribution >= 4 is 29.9 Å². The Hall–Kier alpha value is -1.42. The van der Waals surface area contributed by atoms with Crippen LogP contribution in [-0.2, 0) is 4.74 Å². The molecule has 0 radical (unpaired) electrons. The third kappa shape index (κ3) is 7.00. The monoisotopic (exact) mass is 451 g/mol. The van der Waals surface area contributed by atoms with Crippen molar-refractivity contribution in [2.45, 2.75) is 13.3 Å². The molecule has 2 rings (SSSR count). The molecule has 8 heteroatoms. The number of methoxy groups -OCH3 is 1. The van der Waals surface area contributed by atoms with E-state index in [1.807, 2.05) is 25.1 Å². The summed E-state index contributed by atoms with van der Waals surface area (Å²) in [4.78, 5) is 4.47. The highest BCUT2D eigenvalue weighted by atomic mass is 127. The lowest BCUT2D eigenvalue weighted by atomic mass is 10.3. The number of guanidine groups is 1. The molecule has 0 saturated heterocycles. The number of nitrogens with one attached hydrogen (secondary N) is 2. The van der Waals surface area contributed by atoms with Crippen molar-refractivity contribution in [1.82, 2.24) is 10.6 Å². The highest BCUT2D eigenvalue weighted by molar-refractivity contribution is 14.0. The van der Waals surface area contributed by atoms with Gasteiger partial charge in [-0.15, -0.1) is 24.0 Å². The number of ether oxygens (including phenoxy) is 4. The van der Waals surface area contributed by atoms with Crippen LogP contribution in [0, 0.1) is 0 Å². The molecule has 1 aliphatic rings. The molecule has 0 unspecified atom stereocenters. The van der Waals surface area contributed by atoms with E-state index in [9.17, 15) is 0 Å². The topological polar surface area (TPSA) is 73.3 Å². The Morgan fingerprint density at radius 3 is 2.83 bits per heavy atom. The Kier molecular flexibility index (Phi) is 10.3. The second-order valence-electron chi connectivity index (χ2n) is 4.90. The molecule has 0 bridgehead atoms. The Bertz CT molecular complexity index is 514. The molecular formula is C16H26IN3O4. The van der Waals surface area contributed by atoms with Gasteiger partial charge < -0.3 is 29.6 Å². The second kappa shape index (κ2) is 12.0. The first-order chi connectivity index (χ1) is 11.3. The Balaban J connectivity index is 0.00000288. The van der Waals surface area contributed by atoms with Gasteiger partial charge in [0, 0.05) is 32.9 Å². The van der Waals surface area contributed by atoms with Crippen molar-refractivity contribution in [3.8, 4) is 17.2 Å². The summed E-state index contributed by atoms with van der Waals surface area (Å²) in [6, 6.07) is 5.57. The highest BCUT2D eigenvalue weighted by Crippen LogP contribution is 2.34. The Morgan fingerprint density at radius 1 is 1.21 bits per heavy atom. The molecule has 1 aliphatic heterocycles. The van der Waals surface area contributed by atoms with Crippen LogP contribution in [0.15, 0.2) is 23.2 Å². The zero-order valence-corrected chi connectivity index (χ0v) is 16.5. The highest BCUT2D eigenvalue weighted by Gasteiger charge is 2.13. The lowest BCUT2D eigenvalue weighted by molar-refractivity contribution is 0.173. The van der Waals surface area contributed by atoms with Crippen LogP contribution in [-0.4, -0.2) is 52.7 Å². The number of hydrogen-bond acceptors (Lipinski definition) is 5. The molecule has 0 saturated carbocycles. The van der Waals surface area contributed by atoms with E-state index >= 15 is 0 Å². The maximum absolute atomic E-state index is 5.70. The molecular weight excluding hydrogens is 425 g/mol. The van der Waals surface area contributed by atoms with Gasteiger partial charge >= 0.3 is 0 Å². The average Bonchev–Trinajstić information content (AvgIpc) is 3.03. The number of nitrogens with zero attached hydrogens (tertiary/aromatic N) is 1. The fourth-order valence-corrected chi connectivity index (χ4v) is 2.05. The number of aliphatic imine (C=N–C) groups is 1. The van der Waals surface area contributed by atoms with Gasteiger partial charge in [0.05, 0.1) is 6.54 Å². The van der Waals surface area contributed by atoms with Gasteiger partial charge in [0.2, 0.25) is 6.79 Å². The number of halogens is 1. The summed E-state index contributed by atoms with van der Waals surface area (Å²) < 4.78 is 21.3. The van der Waals surface area contributed by atoms with Crippen molar-refractivity contribution in [3.05, 3.63) is 18.2 Å². The maximum Gasteiger partial charge on any atom is 0.231 e. The van der Waals surface area contributed by atoms with Crippen molar-refractivity contribution in [2.24, 2.45) is 4.99 Å². The summed E-state index contributed by atoms with van der Waals surface area (Å²) in [5.41, 5.74) is 0. The van der Waals surface area contributed by atoms with Crippen LogP contribution in [0.3, 0.4) is 0 Å². The Labute approximate surface area is 160 Å². The Morgan fingerprint density at radius 2 is 2.04 bits per heavy atom. The van der Waals surface area contributed by atoms with Gasteiger partial charge in [-0.3, -0.25) is 4.99 Å². The van der Waals surface area contributed by atoms with E-state index in [2.05, 4.69) is 15.6 Å². The third-order valence-corrected chi connectivity index (χ3v) is 3.13. The van der Waals surface area contributed by atoms with Gasteiger partial charge in [0.15, 0.2) is 17.5 Å². The van der Waals surface area contributed by atoms with Crippen LogP contribution in [0.4, 0.5) is 0 Å². The SMILES string of the molecule is CCNC(=NCCCOC)NCCOc1ccc2c(c1)OCO2.I. The van der Waals surface area contributed by atoms with Crippen LogP contribution < -0.4 is 24.8 Å². The molecule has 1 aromatic rings. The number of fused-ring (bicyclic) bond motifs is 1. The second-order valence-corrected chi connectivity index (χ2v) is 4.90. The van der Waals surface area contributed by atoms with Crippen molar-refractivity contribution in [3.63, 3.8) is 0 Å². The first kappa shape index (κ1) is 20.6. The van der Waals surface area contributed by atoms with E-state index in [1.54, 1.807) is 7.11 Å². The minimum absolute atomic E-state index is 0. The maximum atomic E-state index is 5.70. The molecule has 0 aromatic heterocycles. The summed E-state index contributed by atoms with van der Waals surface area (Å²) in [6.07, 6.45) is 0.904. The third-order valence-electron chi connectivity index (χ3n) is 3.13. The quantitative estimate of drug-likeness (QED) is 0.259. The normalized spacial score (nSPS) is 12.5. The van der Waals surface area contributed by atoms with Gasteiger partial charge in [-0.1, -0.05) is 0 Å². The van der Waals surface area contributed by atoms with E-state index in [0.29, 0.717) is 13.2 Å². The first-order valence-corrected chi connectivity index (χ1v) is 7.87. The van der Waals surface area contributed by atoms with Crippen molar-refractivity contribution < 1.29 is 18.9 Å². The van der Waals surface area contributed by atoms with E-state index < -0.39 is 0 Å².